The second-order valence-corrected chi connectivity index (χ2v) is 6.84. The van der Waals surface area contributed by atoms with E-state index < -0.39 is 0 Å². The molecule has 1 aromatic carbocycles. The minimum Gasteiger partial charge on any atom is -0.424 e. The Morgan fingerprint density at radius 2 is 2.00 bits per heavy atom. The third kappa shape index (κ3) is 5.05. The summed E-state index contributed by atoms with van der Waals surface area (Å²) in [5.74, 6) is 0.938. The van der Waals surface area contributed by atoms with Crippen LogP contribution in [0.4, 0.5) is 4.79 Å². The lowest BCUT2D eigenvalue weighted by molar-refractivity contribution is 0.131. The van der Waals surface area contributed by atoms with Crippen molar-refractivity contribution >= 4 is 6.03 Å². The number of carbonyl (C=O) groups excluding carboxylic acids is 1. The Balaban J connectivity index is 1.61. The highest BCUT2D eigenvalue weighted by Crippen LogP contribution is 2.17. The fourth-order valence-corrected chi connectivity index (χ4v) is 3.31. The quantitative estimate of drug-likeness (QED) is 0.858. The second kappa shape index (κ2) is 8.80. The van der Waals surface area contributed by atoms with E-state index in [-0.39, 0.29) is 18.6 Å². The van der Waals surface area contributed by atoms with E-state index in [0.29, 0.717) is 18.3 Å². The predicted octanol–water partition coefficient (Wildman–Crippen LogP) is 2.23. The highest BCUT2D eigenvalue weighted by atomic mass is 16.4. The molecule has 2 heterocycles. The van der Waals surface area contributed by atoms with Gasteiger partial charge in [0, 0.05) is 19.5 Å². The molecule has 0 atom stereocenters. The van der Waals surface area contributed by atoms with Gasteiger partial charge in [0.15, 0.2) is 0 Å². The number of aromatic nitrogens is 2. The van der Waals surface area contributed by atoms with Crippen LogP contribution < -0.4 is 5.32 Å². The summed E-state index contributed by atoms with van der Waals surface area (Å²) in [6, 6.07) is 10.5. The number of carbonyl (C=O) groups is 1. The minimum atomic E-state index is -0.0636. The zero-order valence-corrected chi connectivity index (χ0v) is 15.5. The molecule has 0 unspecified atom stereocenters. The molecule has 0 spiro atoms. The Bertz CT molecular complexity index is 695. The Morgan fingerprint density at radius 1 is 1.27 bits per heavy atom. The smallest absolute Gasteiger partial charge is 0.318 e. The Morgan fingerprint density at radius 3 is 2.65 bits per heavy atom. The van der Waals surface area contributed by atoms with Gasteiger partial charge in [0.1, 0.15) is 0 Å². The van der Waals surface area contributed by atoms with Crippen LogP contribution in [0.1, 0.15) is 30.2 Å². The number of hydrogen-bond donors (Lipinski definition) is 1. The molecular weight excluding hydrogens is 330 g/mol. The average molecular weight is 357 g/mol. The molecule has 0 aliphatic carbocycles. The summed E-state index contributed by atoms with van der Waals surface area (Å²) in [5, 5.41) is 10.7. The van der Waals surface area contributed by atoms with E-state index in [4.69, 9.17) is 4.42 Å². The summed E-state index contributed by atoms with van der Waals surface area (Å²) in [7, 11) is 2.13. The van der Waals surface area contributed by atoms with Crippen molar-refractivity contribution in [1.82, 2.24) is 25.3 Å². The lowest BCUT2D eigenvalue weighted by Gasteiger charge is -2.37. The standard InChI is InChI=1S/C19H27N5O2/c1-15-21-22-18(26-15)14-20-19(25)24(17-9-11-23(2)12-10-17)13-8-16-6-4-3-5-7-16/h3-7,17H,8-14H2,1-2H3,(H,20,25). The van der Waals surface area contributed by atoms with Crippen LogP contribution in [0.2, 0.25) is 0 Å². The summed E-state index contributed by atoms with van der Waals surface area (Å²) >= 11 is 0. The van der Waals surface area contributed by atoms with Gasteiger partial charge in [-0.25, -0.2) is 4.79 Å². The number of aryl methyl sites for hydroxylation is 1. The van der Waals surface area contributed by atoms with Gasteiger partial charge in [0.25, 0.3) is 0 Å². The van der Waals surface area contributed by atoms with Crippen LogP contribution in [0.5, 0.6) is 0 Å². The topological polar surface area (TPSA) is 74.5 Å². The lowest BCUT2D eigenvalue weighted by atomic mass is 10.0. The molecule has 1 aliphatic rings. The Labute approximate surface area is 154 Å². The molecule has 2 amide bonds. The van der Waals surface area contributed by atoms with E-state index in [0.717, 1.165) is 32.4 Å². The molecule has 1 saturated heterocycles. The zero-order chi connectivity index (χ0) is 18.4. The Hall–Kier alpha value is -2.41. The maximum atomic E-state index is 12.8. The van der Waals surface area contributed by atoms with Crippen molar-refractivity contribution in [2.45, 2.75) is 38.8 Å². The molecule has 0 bridgehead atoms. The SMILES string of the molecule is Cc1nnc(CNC(=O)N(CCc2ccccc2)C2CCN(C)CC2)o1. The molecular formula is C19H27N5O2. The summed E-state index contributed by atoms with van der Waals surface area (Å²) in [5.41, 5.74) is 1.24. The van der Waals surface area contributed by atoms with Crippen molar-refractivity contribution in [3.63, 3.8) is 0 Å². The van der Waals surface area contributed by atoms with Gasteiger partial charge in [-0.3, -0.25) is 0 Å². The maximum absolute atomic E-state index is 12.8. The third-order valence-electron chi connectivity index (χ3n) is 4.83. The van der Waals surface area contributed by atoms with Crippen molar-refractivity contribution in [3.8, 4) is 0 Å². The number of likely N-dealkylation sites (tertiary alicyclic amines) is 1. The molecule has 1 fully saturated rings. The van der Waals surface area contributed by atoms with Crippen LogP contribution in [0, 0.1) is 6.92 Å². The van der Waals surface area contributed by atoms with Gasteiger partial charge in [0.2, 0.25) is 11.8 Å². The summed E-state index contributed by atoms with van der Waals surface area (Å²) in [6.07, 6.45) is 2.84. The highest BCUT2D eigenvalue weighted by molar-refractivity contribution is 5.74. The van der Waals surface area contributed by atoms with Crippen LogP contribution in [-0.2, 0) is 13.0 Å². The predicted molar refractivity (Wildman–Crippen MR) is 98.6 cm³/mol. The summed E-state index contributed by atoms with van der Waals surface area (Å²) < 4.78 is 5.34. The molecule has 0 saturated carbocycles. The van der Waals surface area contributed by atoms with Crippen molar-refractivity contribution in [1.29, 1.82) is 0 Å². The van der Waals surface area contributed by atoms with Gasteiger partial charge >= 0.3 is 6.03 Å². The maximum Gasteiger partial charge on any atom is 0.318 e. The molecule has 7 heteroatoms. The number of benzene rings is 1. The van der Waals surface area contributed by atoms with Gasteiger partial charge in [-0.1, -0.05) is 30.3 Å². The van der Waals surface area contributed by atoms with E-state index in [2.05, 4.69) is 39.6 Å². The van der Waals surface area contributed by atoms with Gasteiger partial charge in [-0.2, -0.15) is 0 Å². The number of piperidine rings is 1. The van der Waals surface area contributed by atoms with Gasteiger partial charge < -0.3 is 19.5 Å². The normalized spacial score (nSPS) is 15.8. The van der Waals surface area contributed by atoms with Crippen LogP contribution in [0.3, 0.4) is 0 Å². The molecule has 140 valence electrons. The molecule has 26 heavy (non-hydrogen) atoms. The number of rotatable bonds is 6. The van der Waals surface area contributed by atoms with Crippen LogP contribution in [0.15, 0.2) is 34.7 Å². The van der Waals surface area contributed by atoms with Gasteiger partial charge in [-0.15, -0.1) is 10.2 Å². The second-order valence-electron chi connectivity index (χ2n) is 6.84. The fraction of sp³-hybridized carbons (Fsp3) is 0.526. The summed E-state index contributed by atoms with van der Waals surface area (Å²) in [4.78, 5) is 17.1. The van der Waals surface area contributed by atoms with E-state index in [1.807, 2.05) is 23.1 Å². The largest absolute Gasteiger partial charge is 0.424 e. The van der Waals surface area contributed by atoms with Crippen LogP contribution in [-0.4, -0.2) is 58.8 Å². The fourth-order valence-electron chi connectivity index (χ4n) is 3.31. The highest BCUT2D eigenvalue weighted by Gasteiger charge is 2.26. The summed E-state index contributed by atoms with van der Waals surface area (Å²) in [6.45, 7) is 4.73. The number of amides is 2. The average Bonchev–Trinajstić information content (AvgIpc) is 3.08. The first-order valence-electron chi connectivity index (χ1n) is 9.18. The minimum absolute atomic E-state index is 0.0636. The van der Waals surface area contributed by atoms with Crippen LogP contribution in [0.25, 0.3) is 0 Å². The number of nitrogens with zero attached hydrogens (tertiary/aromatic N) is 4. The number of urea groups is 1. The van der Waals surface area contributed by atoms with Crippen molar-refractivity contribution in [3.05, 3.63) is 47.7 Å². The molecule has 1 aliphatic heterocycles. The third-order valence-corrected chi connectivity index (χ3v) is 4.83. The van der Waals surface area contributed by atoms with Crippen molar-refractivity contribution < 1.29 is 9.21 Å². The van der Waals surface area contributed by atoms with Crippen molar-refractivity contribution in [2.24, 2.45) is 0 Å². The zero-order valence-electron chi connectivity index (χ0n) is 15.5. The molecule has 2 aromatic rings. The van der Waals surface area contributed by atoms with E-state index >= 15 is 0 Å². The first-order valence-corrected chi connectivity index (χ1v) is 9.18. The lowest BCUT2D eigenvalue weighted by Crippen LogP contribution is -2.50. The molecule has 0 radical (unpaired) electrons. The van der Waals surface area contributed by atoms with E-state index in [1.165, 1.54) is 5.56 Å². The number of nitrogens with one attached hydrogen (secondary N) is 1. The van der Waals surface area contributed by atoms with E-state index in [1.54, 1.807) is 6.92 Å². The molecule has 1 N–H and O–H groups in total. The monoisotopic (exact) mass is 357 g/mol. The number of hydrogen-bond acceptors (Lipinski definition) is 5. The van der Waals surface area contributed by atoms with Crippen molar-refractivity contribution in [2.75, 3.05) is 26.7 Å². The van der Waals surface area contributed by atoms with Crippen LogP contribution >= 0.6 is 0 Å². The first kappa shape index (κ1) is 18.4. The molecule has 1 aromatic heterocycles. The van der Waals surface area contributed by atoms with Gasteiger partial charge in [0.05, 0.1) is 6.54 Å². The van der Waals surface area contributed by atoms with Gasteiger partial charge in [-0.05, 0) is 45.0 Å². The molecule has 7 nitrogen and oxygen atoms in total. The Kier molecular flexibility index (Phi) is 6.22. The molecule has 3 rings (SSSR count). The van der Waals surface area contributed by atoms with E-state index in [9.17, 15) is 4.79 Å². The first-order chi connectivity index (χ1) is 12.6.